The molecule has 1 atom stereocenters. The summed E-state index contributed by atoms with van der Waals surface area (Å²) in [5.74, 6) is -1.13. The summed E-state index contributed by atoms with van der Waals surface area (Å²) < 4.78 is 37.6. The predicted octanol–water partition coefficient (Wildman–Crippen LogP) is 4.05. The average Bonchev–Trinajstić information content (AvgIpc) is 3.04. The first-order chi connectivity index (χ1) is 13.1. The normalized spacial score (nSPS) is 12.5. The molecule has 0 amide bonds. The predicted molar refractivity (Wildman–Crippen MR) is 105 cm³/mol. The van der Waals surface area contributed by atoms with Crippen LogP contribution in [0.15, 0.2) is 24.3 Å². The number of aromatic amines is 1. The minimum absolute atomic E-state index is 0. The Labute approximate surface area is 170 Å². The van der Waals surface area contributed by atoms with Gasteiger partial charge in [-0.05, 0) is 26.0 Å². The molecule has 1 unspecified atom stereocenters. The number of para-hydroxylation sites is 1. The zero-order chi connectivity index (χ0) is 20.6. The minimum Gasteiger partial charge on any atom is -0.478 e. The average molecular weight is 430 g/mol. The number of carboxylic acids is 1. The Hall–Kier alpha value is -2.85. The van der Waals surface area contributed by atoms with Gasteiger partial charge in [0.1, 0.15) is 17.9 Å². The van der Waals surface area contributed by atoms with Crippen molar-refractivity contribution in [3.05, 3.63) is 41.2 Å². The van der Waals surface area contributed by atoms with Gasteiger partial charge in [0, 0.05) is 23.0 Å². The summed E-state index contributed by atoms with van der Waals surface area (Å²) in [6.45, 7) is 1.97. The van der Waals surface area contributed by atoms with Gasteiger partial charge in [-0.3, -0.25) is 0 Å². The van der Waals surface area contributed by atoms with Crippen LogP contribution < -0.4 is 11.1 Å². The summed E-state index contributed by atoms with van der Waals surface area (Å²) >= 11 is 0. The lowest BCUT2D eigenvalue weighted by Gasteiger charge is -2.12. The van der Waals surface area contributed by atoms with Crippen molar-refractivity contribution in [1.29, 1.82) is 0 Å². The molecule has 1 aromatic carbocycles. The second kappa shape index (κ2) is 8.26. The molecule has 0 aliphatic carbocycles. The van der Waals surface area contributed by atoms with E-state index in [1.807, 2.05) is 0 Å². The minimum atomic E-state index is -4.40. The lowest BCUT2D eigenvalue weighted by Crippen LogP contribution is -2.22. The van der Waals surface area contributed by atoms with Crippen LogP contribution in [-0.2, 0) is 0 Å². The van der Waals surface area contributed by atoms with Gasteiger partial charge < -0.3 is 21.1 Å². The van der Waals surface area contributed by atoms with Crippen LogP contribution in [-0.4, -0.2) is 38.7 Å². The maximum Gasteiger partial charge on any atom is 0.405 e. The number of aromatic nitrogens is 3. The summed E-state index contributed by atoms with van der Waals surface area (Å²) in [6, 6.07) is 5.95. The zero-order valence-corrected chi connectivity index (χ0v) is 16.3. The molecule has 0 spiro atoms. The Balaban J connectivity index is 0.00000300. The first-order valence-electron chi connectivity index (χ1n) is 8.37. The van der Waals surface area contributed by atoms with E-state index in [1.165, 1.54) is 6.07 Å². The van der Waals surface area contributed by atoms with E-state index in [1.54, 1.807) is 32.0 Å². The van der Waals surface area contributed by atoms with Gasteiger partial charge in [-0.25, -0.2) is 14.8 Å². The van der Waals surface area contributed by atoms with Crippen LogP contribution in [0, 0.1) is 6.92 Å². The second-order valence-electron chi connectivity index (χ2n) is 6.40. The number of aromatic carboxylic acids is 1. The molecule has 29 heavy (non-hydrogen) atoms. The number of halogens is 4. The largest absolute Gasteiger partial charge is 0.478 e. The van der Waals surface area contributed by atoms with Crippen LogP contribution in [0.25, 0.3) is 22.3 Å². The van der Waals surface area contributed by atoms with Crippen molar-refractivity contribution < 1.29 is 23.1 Å². The third-order valence-corrected chi connectivity index (χ3v) is 4.15. The number of hydrogen-bond acceptors (Lipinski definition) is 5. The van der Waals surface area contributed by atoms with Crippen LogP contribution in [0.5, 0.6) is 0 Å². The van der Waals surface area contributed by atoms with E-state index in [0.29, 0.717) is 33.7 Å². The summed E-state index contributed by atoms with van der Waals surface area (Å²) in [6.07, 6.45) is -4.40. The van der Waals surface area contributed by atoms with Crippen LogP contribution >= 0.6 is 12.4 Å². The number of fused-ring (bicyclic) bond motifs is 1. The van der Waals surface area contributed by atoms with Crippen molar-refractivity contribution >= 4 is 35.2 Å². The molecule has 2 aromatic heterocycles. The molecule has 0 aliphatic rings. The third-order valence-electron chi connectivity index (χ3n) is 4.15. The van der Waals surface area contributed by atoms with Crippen LogP contribution in [0.3, 0.4) is 0 Å². The van der Waals surface area contributed by atoms with Crippen molar-refractivity contribution in [3.8, 4) is 11.3 Å². The van der Waals surface area contributed by atoms with Crippen LogP contribution in [0.4, 0.5) is 19.0 Å². The molecule has 3 rings (SSSR count). The van der Waals surface area contributed by atoms with E-state index in [4.69, 9.17) is 5.73 Å². The molecule has 2 heterocycles. The van der Waals surface area contributed by atoms with Gasteiger partial charge in [0.05, 0.1) is 16.8 Å². The maximum atomic E-state index is 12.5. The van der Waals surface area contributed by atoms with Gasteiger partial charge in [-0.2, -0.15) is 13.2 Å². The number of carbonyl (C=O) groups is 1. The Kier molecular flexibility index (Phi) is 6.39. The number of rotatable bonds is 5. The van der Waals surface area contributed by atoms with Gasteiger partial charge in [0.2, 0.25) is 0 Å². The number of nitrogens with two attached hydrogens (primary N) is 1. The highest BCUT2D eigenvalue weighted by Crippen LogP contribution is 2.31. The Morgan fingerprint density at radius 2 is 2.03 bits per heavy atom. The van der Waals surface area contributed by atoms with Gasteiger partial charge in [0.15, 0.2) is 0 Å². The summed E-state index contributed by atoms with van der Waals surface area (Å²) in [5.41, 5.74) is 8.29. The number of nitrogens with zero attached hydrogens (tertiary/aromatic N) is 2. The topological polar surface area (TPSA) is 117 Å². The number of nitrogens with one attached hydrogen (secondary N) is 2. The molecule has 3 aromatic rings. The molecule has 5 N–H and O–H groups in total. The fraction of sp³-hybridized carbons (Fsp3) is 0.278. The van der Waals surface area contributed by atoms with Gasteiger partial charge in [-0.1, -0.05) is 12.1 Å². The van der Waals surface area contributed by atoms with E-state index < -0.39 is 24.7 Å². The molecule has 0 saturated heterocycles. The van der Waals surface area contributed by atoms with E-state index in [-0.39, 0.29) is 23.8 Å². The van der Waals surface area contributed by atoms with E-state index >= 15 is 0 Å². The SMILES string of the molecule is Cc1nc2cccc(-c3cc(C(=O)O)c(C(C)N)[nH]3)c2nc1NCC(F)(F)F.Cl. The maximum absolute atomic E-state index is 12.5. The Morgan fingerprint density at radius 1 is 1.34 bits per heavy atom. The van der Waals surface area contributed by atoms with E-state index in [2.05, 4.69) is 20.3 Å². The van der Waals surface area contributed by atoms with Crippen molar-refractivity contribution in [1.82, 2.24) is 15.0 Å². The van der Waals surface area contributed by atoms with Crippen molar-refractivity contribution in [2.24, 2.45) is 5.73 Å². The fourth-order valence-corrected chi connectivity index (χ4v) is 2.89. The van der Waals surface area contributed by atoms with Crippen molar-refractivity contribution in [2.75, 3.05) is 11.9 Å². The van der Waals surface area contributed by atoms with Gasteiger partial charge in [-0.15, -0.1) is 12.4 Å². The number of benzene rings is 1. The highest BCUT2D eigenvalue weighted by atomic mass is 35.5. The molecular formula is C18H19ClF3N5O2. The van der Waals surface area contributed by atoms with Gasteiger partial charge >= 0.3 is 12.1 Å². The van der Waals surface area contributed by atoms with Gasteiger partial charge in [0.25, 0.3) is 0 Å². The highest BCUT2D eigenvalue weighted by molar-refractivity contribution is 5.95. The molecule has 0 radical (unpaired) electrons. The standard InChI is InChI=1S/C18H18F3N5O2.ClH/c1-8(22)14-11(17(27)28)6-13(25-14)10-4-3-5-12-15(10)26-16(9(2)24-12)23-7-18(19,20)21;/h3-6,8,25H,7,22H2,1-2H3,(H,23,26)(H,27,28);1H. The third kappa shape index (κ3) is 4.77. The summed E-state index contributed by atoms with van der Waals surface area (Å²) in [7, 11) is 0. The number of anilines is 1. The first kappa shape index (κ1) is 22.4. The van der Waals surface area contributed by atoms with Crippen molar-refractivity contribution in [3.63, 3.8) is 0 Å². The fourth-order valence-electron chi connectivity index (χ4n) is 2.89. The number of carboxylic acid groups (broad SMARTS) is 1. The number of H-pyrrole nitrogens is 1. The quantitative estimate of drug-likeness (QED) is 0.486. The molecule has 0 saturated carbocycles. The van der Waals surface area contributed by atoms with Crippen LogP contribution in [0.1, 0.15) is 34.7 Å². The smallest absolute Gasteiger partial charge is 0.405 e. The molecule has 11 heteroatoms. The summed E-state index contributed by atoms with van der Waals surface area (Å²) in [4.78, 5) is 23.1. The Morgan fingerprint density at radius 3 is 2.59 bits per heavy atom. The lowest BCUT2D eigenvalue weighted by molar-refractivity contribution is -0.115. The van der Waals surface area contributed by atoms with E-state index in [0.717, 1.165) is 0 Å². The molecule has 0 bridgehead atoms. The summed E-state index contributed by atoms with van der Waals surface area (Å²) in [5, 5.41) is 11.6. The van der Waals surface area contributed by atoms with E-state index in [9.17, 15) is 23.1 Å². The lowest BCUT2D eigenvalue weighted by atomic mass is 10.1. The molecule has 7 nitrogen and oxygen atoms in total. The molecular weight excluding hydrogens is 411 g/mol. The monoisotopic (exact) mass is 429 g/mol. The number of alkyl halides is 3. The molecule has 0 aliphatic heterocycles. The number of aryl methyl sites for hydroxylation is 1. The van der Waals surface area contributed by atoms with Crippen molar-refractivity contribution in [2.45, 2.75) is 26.1 Å². The molecule has 156 valence electrons. The number of hydrogen-bond donors (Lipinski definition) is 4. The highest BCUT2D eigenvalue weighted by Gasteiger charge is 2.27. The van der Waals surface area contributed by atoms with Crippen LogP contribution in [0.2, 0.25) is 0 Å². The molecule has 0 fully saturated rings. The first-order valence-corrected chi connectivity index (χ1v) is 8.37. The second-order valence-corrected chi connectivity index (χ2v) is 6.40. The zero-order valence-electron chi connectivity index (χ0n) is 15.5. The Bertz CT molecular complexity index is 1050.